The third-order valence-corrected chi connectivity index (χ3v) is 7.08. The van der Waals surface area contributed by atoms with Crippen LogP contribution in [0.1, 0.15) is 31.4 Å². The van der Waals surface area contributed by atoms with Crippen molar-refractivity contribution in [2.45, 2.75) is 50.4 Å². The van der Waals surface area contributed by atoms with Gasteiger partial charge >= 0.3 is 30.8 Å². The van der Waals surface area contributed by atoms with Gasteiger partial charge in [-0.1, -0.05) is 12.1 Å². The van der Waals surface area contributed by atoms with Crippen LogP contribution in [0.5, 0.6) is 11.5 Å². The Morgan fingerprint density at radius 3 is 2.70 bits per heavy atom. The average molecular weight is 445 g/mol. The number of rotatable bonds is 2. The van der Waals surface area contributed by atoms with Gasteiger partial charge in [-0.05, 0) is 44.1 Å². The summed E-state index contributed by atoms with van der Waals surface area (Å²) in [6.07, 6.45) is 10.4. The molecular weight excluding hydrogens is 417 g/mol. The molecule has 8 nitrogen and oxygen atoms in total. The van der Waals surface area contributed by atoms with Gasteiger partial charge in [0.1, 0.15) is 6.10 Å². The van der Waals surface area contributed by atoms with E-state index in [4.69, 9.17) is 14.2 Å². The third kappa shape index (κ3) is 3.80. The van der Waals surface area contributed by atoms with Gasteiger partial charge in [0.25, 0.3) is 0 Å². The predicted octanol–water partition coefficient (Wildman–Crippen LogP) is 1.75. The van der Waals surface area contributed by atoms with E-state index in [9.17, 15) is 9.59 Å². The molecule has 1 saturated heterocycles. The molecule has 5 atom stereocenters. The van der Waals surface area contributed by atoms with E-state index in [1.165, 1.54) is 19.4 Å². The van der Waals surface area contributed by atoms with E-state index in [0.717, 1.165) is 24.9 Å². The topological polar surface area (TPSA) is 93.8 Å². The molecule has 2 aliphatic carbocycles. The number of piperidine rings is 1. The second-order valence-corrected chi connectivity index (χ2v) is 8.85. The molecule has 0 radical (unpaired) electrons. The van der Waals surface area contributed by atoms with Crippen LogP contribution in [0.2, 0.25) is 0 Å². The van der Waals surface area contributed by atoms with Crippen LogP contribution in [0.4, 0.5) is 0 Å². The number of nitrogens with zero attached hydrogens (tertiary/aromatic N) is 2. The Kier molecular flexibility index (Phi) is 6.45. The van der Waals surface area contributed by atoms with Crippen molar-refractivity contribution >= 4 is 30.8 Å². The van der Waals surface area contributed by atoms with Gasteiger partial charge < -0.3 is 24.1 Å². The smallest absolute Gasteiger partial charge is 0.0919 e. The first-order valence-corrected chi connectivity index (χ1v) is 10.9. The van der Waals surface area contributed by atoms with E-state index >= 15 is 0 Å². The zero-order chi connectivity index (χ0) is 22.5. The largest absolute Gasteiger partial charge is 0.351 e. The van der Waals surface area contributed by atoms with Crippen LogP contribution in [-0.2, 0) is 26.2 Å². The quantitative estimate of drug-likeness (QED) is 0.326. The van der Waals surface area contributed by atoms with Crippen molar-refractivity contribution in [3.05, 3.63) is 54.1 Å². The van der Waals surface area contributed by atoms with Crippen LogP contribution in [0.25, 0.3) is 0 Å². The Labute approximate surface area is 204 Å². The molecule has 0 amide bonds. The van der Waals surface area contributed by atoms with E-state index in [-0.39, 0.29) is 48.2 Å². The summed E-state index contributed by atoms with van der Waals surface area (Å²) >= 11 is 0. The standard InChI is InChI=1S/C21H23NO5.C3H4N2.Li.H/c1-11(23)25-16-6-4-13-10-15-14-5-7-17(26-12(2)24)20-21(14,8-9-22(15)3)18(13)19(16)27-20;1-2-5-3-4-1;;/h4-7,14-15,17,20H,8-10H2,1-3H3;1-3H,(H,4,5);;/t14-,15+,17-,20-,21-;;;/m0.../s1. The maximum absolute atomic E-state index is 11.7. The number of esters is 2. The Morgan fingerprint density at radius 1 is 1.24 bits per heavy atom. The molecule has 2 aromatic rings. The van der Waals surface area contributed by atoms with Gasteiger partial charge in [-0.3, -0.25) is 9.59 Å². The molecule has 3 heterocycles. The van der Waals surface area contributed by atoms with Gasteiger partial charge in [0.15, 0.2) is 17.6 Å². The van der Waals surface area contributed by atoms with Crippen LogP contribution in [-0.4, -0.2) is 77.5 Å². The summed E-state index contributed by atoms with van der Waals surface area (Å²) in [6.45, 7) is 3.77. The first-order valence-electron chi connectivity index (χ1n) is 10.9. The number of hydrogen-bond donors (Lipinski definition) is 1. The van der Waals surface area contributed by atoms with Crippen LogP contribution in [0.3, 0.4) is 0 Å². The minimum Gasteiger partial charge on any atom is -0.351 e. The summed E-state index contributed by atoms with van der Waals surface area (Å²) in [5.74, 6) is 0.712. The summed E-state index contributed by atoms with van der Waals surface area (Å²) in [7, 11) is 2.17. The fourth-order valence-electron chi connectivity index (χ4n) is 5.95. The van der Waals surface area contributed by atoms with Crippen LogP contribution in [0, 0.1) is 5.92 Å². The Bertz CT molecular complexity index is 1060. The van der Waals surface area contributed by atoms with Crippen molar-refractivity contribution in [1.82, 2.24) is 14.9 Å². The van der Waals surface area contributed by atoms with Crippen molar-refractivity contribution < 1.29 is 23.8 Å². The van der Waals surface area contributed by atoms with E-state index in [1.54, 1.807) is 18.7 Å². The monoisotopic (exact) mass is 445 g/mol. The number of imidazole rings is 1. The number of carbonyl (C=O) groups is 2. The first-order chi connectivity index (χ1) is 15.4. The number of carbonyl (C=O) groups excluding carboxylic acids is 2. The van der Waals surface area contributed by atoms with E-state index in [1.807, 2.05) is 12.1 Å². The Balaban J connectivity index is 0.000000385. The van der Waals surface area contributed by atoms with Crippen molar-refractivity contribution in [3.63, 3.8) is 0 Å². The van der Waals surface area contributed by atoms with Crippen molar-refractivity contribution in [3.8, 4) is 11.5 Å². The number of aromatic nitrogens is 2. The van der Waals surface area contributed by atoms with Gasteiger partial charge in [0, 0.05) is 49.2 Å². The molecule has 1 spiro atoms. The van der Waals surface area contributed by atoms with E-state index in [0.29, 0.717) is 17.5 Å². The van der Waals surface area contributed by atoms with Gasteiger partial charge in [-0.25, -0.2) is 4.98 Å². The van der Waals surface area contributed by atoms with Crippen molar-refractivity contribution in [1.29, 1.82) is 0 Å². The molecule has 0 unspecified atom stereocenters. The molecule has 170 valence electrons. The number of nitrogens with one attached hydrogen (secondary N) is 1. The second kappa shape index (κ2) is 9.02. The number of aromatic amines is 1. The summed E-state index contributed by atoms with van der Waals surface area (Å²) in [4.78, 5) is 32.1. The van der Waals surface area contributed by atoms with E-state index < -0.39 is 6.10 Å². The molecule has 2 bridgehead atoms. The molecule has 9 heteroatoms. The maximum Gasteiger partial charge on any atom is 0.0919 e. The maximum atomic E-state index is 11.7. The van der Waals surface area contributed by atoms with Crippen LogP contribution < -0.4 is 9.47 Å². The molecule has 6 rings (SSSR count). The van der Waals surface area contributed by atoms with Crippen LogP contribution >= 0.6 is 0 Å². The molecule has 1 fully saturated rings. The molecule has 0 saturated carbocycles. The summed E-state index contributed by atoms with van der Waals surface area (Å²) in [6, 6.07) is 4.28. The number of H-pyrrole nitrogens is 1. The normalized spacial score (nSPS) is 30.0. The molecule has 1 N–H and O–H groups in total. The predicted molar refractivity (Wildman–Crippen MR) is 123 cm³/mol. The van der Waals surface area contributed by atoms with E-state index in [2.05, 4.69) is 34.1 Å². The summed E-state index contributed by atoms with van der Waals surface area (Å²) in [5.41, 5.74) is 2.15. The number of likely N-dealkylation sites (N-methyl/N-ethyl adjacent to an activating group) is 1. The first kappa shape index (κ1) is 23.6. The summed E-state index contributed by atoms with van der Waals surface area (Å²) < 4.78 is 17.5. The zero-order valence-corrected chi connectivity index (χ0v) is 18.4. The fourth-order valence-corrected chi connectivity index (χ4v) is 5.95. The van der Waals surface area contributed by atoms with Crippen molar-refractivity contribution in [2.24, 2.45) is 5.92 Å². The summed E-state index contributed by atoms with van der Waals surface area (Å²) in [5, 5.41) is 0. The Hall–Kier alpha value is -2.53. The van der Waals surface area contributed by atoms with Gasteiger partial charge in [-0.15, -0.1) is 0 Å². The number of benzene rings is 1. The van der Waals surface area contributed by atoms with Crippen LogP contribution in [0.15, 0.2) is 43.0 Å². The fraction of sp³-hybridized carbons (Fsp3) is 0.458. The minimum atomic E-state index is -0.439. The average Bonchev–Trinajstić information content (AvgIpc) is 3.42. The Morgan fingerprint density at radius 2 is 2.06 bits per heavy atom. The zero-order valence-electron chi connectivity index (χ0n) is 18.4. The molecule has 33 heavy (non-hydrogen) atoms. The number of ether oxygens (including phenoxy) is 3. The second-order valence-electron chi connectivity index (χ2n) is 8.85. The van der Waals surface area contributed by atoms with Crippen molar-refractivity contribution in [2.75, 3.05) is 13.6 Å². The number of likely N-dealkylation sites (tertiary alicyclic amines) is 1. The molecular formula is C24H28LiN3O5. The van der Waals surface area contributed by atoms with Gasteiger partial charge in [0.05, 0.1) is 6.33 Å². The number of hydrogen-bond acceptors (Lipinski definition) is 7. The minimum absolute atomic E-state index is 0. The van der Waals surface area contributed by atoms with Gasteiger partial charge in [0.2, 0.25) is 0 Å². The SMILES string of the molecule is CC(=O)Oc1ccc2c3c1O[C@H]1[C@@H](OC(C)=O)C=C[C@H]4[C@@H](C2)N(C)CC[C@@]341.[LiH].c1c[nH]cn1. The van der Waals surface area contributed by atoms with Gasteiger partial charge in [-0.2, -0.15) is 0 Å². The molecule has 2 aliphatic heterocycles. The molecule has 4 aliphatic rings. The third-order valence-electron chi connectivity index (χ3n) is 7.08. The molecule has 1 aromatic carbocycles. The molecule has 1 aromatic heterocycles.